The number of nitrogens with one attached hydrogen (secondary N) is 2. The Morgan fingerprint density at radius 2 is 2.19 bits per heavy atom. The molecule has 136 valence electrons. The summed E-state index contributed by atoms with van der Waals surface area (Å²) in [4.78, 5) is 24.9. The van der Waals surface area contributed by atoms with Gasteiger partial charge in [0.05, 0.1) is 11.4 Å². The Balaban J connectivity index is 1.43. The number of carbonyl (C=O) groups is 1. The molecule has 2 N–H and O–H groups in total. The van der Waals surface area contributed by atoms with Crippen molar-refractivity contribution in [3.05, 3.63) is 70.7 Å². The van der Waals surface area contributed by atoms with Gasteiger partial charge in [0.25, 0.3) is 5.91 Å². The lowest BCUT2D eigenvalue weighted by Crippen LogP contribution is -2.25. The van der Waals surface area contributed by atoms with E-state index in [1.807, 2.05) is 31.3 Å². The number of aryl methyl sites for hydroxylation is 1. The molecule has 7 heteroatoms. The van der Waals surface area contributed by atoms with Crippen molar-refractivity contribution in [2.24, 2.45) is 0 Å². The topological polar surface area (TPSA) is 70.7 Å². The summed E-state index contributed by atoms with van der Waals surface area (Å²) in [6, 6.07) is 10.3. The Labute approximate surface area is 159 Å². The number of H-pyrrole nitrogens is 1. The van der Waals surface area contributed by atoms with Gasteiger partial charge in [0.15, 0.2) is 0 Å². The maximum atomic E-state index is 13.3. The summed E-state index contributed by atoms with van der Waals surface area (Å²) in [7, 11) is 0. The molecule has 3 heterocycles. The molecule has 5 nitrogen and oxygen atoms in total. The summed E-state index contributed by atoms with van der Waals surface area (Å²) in [6.45, 7) is 2.31. The van der Waals surface area contributed by atoms with E-state index < -0.39 is 0 Å². The van der Waals surface area contributed by atoms with E-state index in [9.17, 15) is 9.18 Å². The maximum absolute atomic E-state index is 13.3. The normalized spacial score (nSPS) is 11.0. The van der Waals surface area contributed by atoms with Crippen molar-refractivity contribution in [2.45, 2.75) is 13.3 Å². The van der Waals surface area contributed by atoms with E-state index in [2.05, 4.69) is 20.3 Å². The van der Waals surface area contributed by atoms with Gasteiger partial charge >= 0.3 is 0 Å². The largest absolute Gasteiger partial charge is 0.361 e. The Morgan fingerprint density at radius 3 is 3.00 bits per heavy atom. The van der Waals surface area contributed by atoms with Gasteiger partial charge < -0.3 is 10.3 Å². The van der Waals surface area contributed by atoms with Crippen LogP contribution in [0.5, 0.6) is 0 Å². The molecule has 0 aliphatic rings. The van der Waals surface area contributed by atoms with E-state index in [-0.39, 0.29) is 11.7 Å². The third kappa shape index (κ3) is 3.59. The van der Waals surface area contributed by atoms with Gasteiger partial charge in [-0.1, -0.05) is 6.07 Å². The van der Waals surface area contributed by atoms with E-state index >= 15 is 0 Å². The van der Waals surface area contributed by atoms with Crippen molar-refractivity contribution in [1.29, 1.82) is 0 Å². The second-order valence-electron chi connectivity index (χ2n) is 6.16. The monoisotopic (exact) mass is 380 g/mol. The average molecular weight is 380 g/mol. The van der Waals surface area contributed by atoms with Crippen molar-refractivity contribution in [3.8, 4) is 10.7 Å². The van der Waals surface area contributed by atoms with Crippen LogP contribution >= 0.6 is 11.3 Å². The molecule has 0 atom stereocenters. The predicted octanol–water partition coefficient (Wildman–Crippen LogP) is 4.11. The van der Waals surface area contributed by atoms with Crippen LogP contribution in [0.1, 0.15) is 20.9 Å². The lowest BCUT2D eigenvalue weighted by molar-refractivity contribution is 0.0957. The van der Waals surface area contributed by atoms with Crippen molar-refractivity contribution in [3.63, 3.8) is 0 Å². The van der Waals surface area contributed by atoms with Crippen LogP contribution in [0.4, 0.5) is 4.39 Å². The number of nitrogens with zero attached hydrogens (tertiary/aromatic N) is 2. The maximum Gasteiger partial charge on any atom is 0.263 e. The number of hydrogen-bond donors (Lipinski definition) is 2. The Kier molecular flexibility index (Phi) is 4.68. The lowest BCUT2D eigenvalue weighted by atomic mass is 10.1. The number of aromatic nitrogens is 3. The number of benzene rings is 1. The quantitative estimate of drug-likeness (QED) is 0.547. The molecule has 4 rings (SSSR count). The van der Waals surface area contributed by atoms with Crippen LogP contribution in [0.15, 0.2) is 48.8 Å². The van der Waals surface area contributed by atoms with Crippen molar-refractivity contribution >= 4 is 28.1 Å². The summed E-state index contributed by atoms with van der Waals surface area (Å²) >= 11 is 1.34. The number of pyridine rings is 1. The fourth-order valence-electron chi connectivity index (χ4n) is 2.96. The number of thiazole rings is 1. The predicted molar refractivity (Wildman–Crippen MR) is 104 cm³/mol. The van der Waals surface area contributed by atoms with E-state index in [0.717, 1.165) is 27.2 Å². The van der Waals surface area contributed by atoms with E-state index in [1.165, 1.54) is 23.5 Å². The Hall–Kier alpha value is -3.06. The number of carbonyl (C=O) groups excluding carboxylic acids is 1. The first kappa shape index (κ1) is 17.4. The molecular formula is C20H17FN4OS. The third-order valence-corrected chi connectivity index (χ3v) is 5.47. The van der Waals surface area contributed by atoms with Crippen LogP contribution in [0, 0.1) is 12.7 Å². The minimum atomic E-state index is -0.270. The number of aromatic amines is 1. The number of fused-ring (bicyclic) bond motifs is 1. The van der Waals surface area contributed by atoms with E-state index in [0.29, 0.717) is 23.5 Å². The van der Waals surface area contributed by atoms with Gasteiger partial charge in [0, 0.05) is 29.8 Å². The number of halogens is 1. The molecule has 0 spiro atoms. The molecule has 1 amide bonds. The third-order valence-electron chi connectivity index (χ3n) is 4.30. The first-order valence-electron chi connectivity index (χ1n) is 8.54. The molecule has 0 bridgehead atoms. The summed E-state index contributed by atoms with van der Waals surface area (Å²) in [5, 5.41) is 4.64. The second kappa shape index (κ2) is 7.28. The zero-order valence-electron chi connectivity index (χ0n) is 14.6. The second-order valence-corrected chi connectivity index (χ2v) is 7.16. The first-order valence-corrected chi connectivity index (χ1v) is 9.36. The molecule has 0 saturated heterocycles. The lowest BCUT2D eigenvalue weighted by Gasteiger charge is -2.03. The van der Waals surface area contributed by atoms with Crippen LogP contribution in [-0.4, -0.2) is 27.4 Å². The average Bonchev–Trinajstić information content (AvgIpc) is 3.26. The number of hydrogen-bond acceptors (Lipinski definition) is 4. The molecular weight excluding hydrogens is 363 g/mol. The Morgan fingerprint density at radius 1 is 1.30 bits per heavy atom. The number of rotatable bonds is 5. The van der Waals surface area contributed by atoms with Crippen LogP contribution in [0.25, 0.3) is 21.6 Å². The van der Waals surface area contributed by atoms with Gasteiger partial charge in [-0.05, 0) is 49.2 Å². The summed E-state index contributed by atoms with van der Waals surface area (Å²) in [6.07, 6.45) is 4.22. The molecule has 0 aliphatic heterocycles. The van der Waals surface area contributed by atoms with Crippen LogP contribution in [0.3, 0.4) is 0 Å². The highest BCUT2D eigenvalue weighted by atomic mass is 32.1. The molecule has 4 aromatic rings. The molecule has 0 saturated carbocycles. The SMILES string of the molecule is Cc1nc(-c2ccccn2)sc1C(=O)NCCc1c[nH]c2cc(F)ccc12. The molecule has 0 unspecified atom stereocenters. The van der Waals surface area contributed by atoms with E-state index in [1.54, 1.807) is 12.3 Å². The summed E-state index contributed by atoms with van der Waals surface area (Å²) in [5.74, 6) is -0.411. The van der Waals surface area contributed by atoms with Gasteiger partial charge in [-0.2, -0.15) is 0 Å². The molecule has 3 aromatic heterocycles. The Bertz CT molecular complexity index is 1100. The standard InChI is InChI=1S/C20H17FN4OS/c1-12-18(27-20(25-12)16-4-2-3-8-22-16)19(26)23-9-7-13-11-24-17-10-14(21)5-6-15(13)17/h2-6,8,10-11,24H,7,9H2,1H3,(H,23,26). The van der Waals surface area contributed by atoms with Gasteiger partial charge in [-0.25, -0.2) is 9.37 Å². The van der Waals surface area contributed by atoms with Gasteiger partial charge in [0.2, 0.25) is 0 Å². The van der Waals surface area contributed by atoms with Crippen LogP contribution < -0.4 is 5.32 Å². The highest BCUT2D eigenvalue weighted by Gasteiger charge is 2.16. The summed E-state index contributed by atoms with van der Waals surface area (Å²) < 4.78 is 13.3. The van der Waals surface area contributed by atoms with E-state index in [4.69, 9.17) is 0 Å². The minimum absolute atomic E-state index is 0.141. The molecule has 0 radical (unpaired) electrons. The van der Waals surface area contributed by atoms with Gasteiger partial charge in [0.1, 0.15) is 15.7 Å². The molecule has 0 fully saturated rings. The smallest absolute Gasteiger partial charge is 0.263 e. The molecule has 27 heavy (non-hydrogen) atoms. The molecule has 0 aliphatic carbocycles. The van der Waals surface area contributed by atoms with Crippen LogP contribution in [-0.2, 0) is 6.42 Å². The van der Waals surface area contributed by atoms with Crippen LogP contribution in [0.2, 0.25) is 0 Å². The van der Waals surface area contributed by atoms with Gasteiger partial charge in [-0.15, -0.1) is 11.3 Å². The minimum Gasteiger partial charge on any atom is -0.361 e. The summed E-state index contributed by atoms with van der Waals surface area (Å²) in [5.41, 5.74) is 3.26. The zero-order valence-corrected chi connectivity index (χ0v) is 15.4. The zero-order chi connectivity index (χ0) is 18.8. The fraction of sp³-hybridized carbons (Fsp3) is 0.150. The highest BCUT2D eigenvalue weighted by molar-refractivity contribution is 7.17. The van der Waals surface area contributed by atoms with Crippen molar-refractivity contribution in [2.75, 3.05) is 6.54 Å². The fourth-order valence-corrected chi connectivity index (χ4v) is 3.92. The highest BCUT2D eigenvalue weighted by Crippen LogP contribution is 2.26. The van der Waals surface area contributed by atoms with Crippen molar-refractivity contribution in [1.82, 2.24) is 20.3 Å². The molecule has 1 aromatic carbocycles. The number of amides is 1. The van der Waals surface area contributed by atoms with Crippen molar-refractivity contribution < 1.29 is 9.18 Å². The van der Waals surface area contributed by atoms with Gasteiger partial charge in [-0.3, -0.25) is 9.78 Å². The first-order chi connectivity index (χ1) is 13.1.